The van der Waals surface area contributed by atoms with E-state index >= 15 is 0 Å². The fourth-order valence-electron chi connectivity index (χ4n) is 2.86. The predicted octanol–water partition coefficient (Wildman–Crippen LogP) is 2.92. The number of piperazine rings is 1. The number of nitrogens with zero attached hydrogens (tertiary/aromatic N) is 2. The molecule has 0 N–H and O–H groups in total. The van der Waals surface area contributed by atoms with Gasteiger partial charge in [-0.15, -0.1) is 0 Å². The second kappa shape index (κ2) is 6.69. The molecule has 3 nitrogen and oxygen atoms in total. The van der Waals surface area contributed by atoms with Crippen molar-refractivity contribution >= 4 is 5.91 Å². The van der Waals surface area contributed by atoms with Crippen LogP contribution in [-0.2, 0) is 11.3 Å². The minimum Gasteiger partial charge on any atom is -0.332 e. The molecule has 0 spiro atoms. The highest BCUT2D eigenvalue weighted by Gasteiger charge is 2.44. The van der Waals surface area contributed by atoms with E-state index < -0.39 is 12.1 Å². The Bertz CT molecular complexity index is 502. The van der Waals surface area contributed by atoms with Gasteiger partial charge in [-0.1, -0.05) is 44.2 Å². The third kappa shape index (κ3) is 4.00. The van der Waals surface area contributed by atoms with Gasteiger partial charge in [0, 0.05) is 32.2 Å². The van der Waals surface area contributed by atoms with E-state index in [9.17, 15) is 18.0 Å². The molecule has 1 amide bonds. The van der Waals surface area contributed by atoms with Crippen molar-refractivity contribution in [3.63, 3.8) is 0 Å². The van der Waals surface area contributed by atoms with Gasteiger partial charge in [-0.05, 0) is 11.5 Å². The summed E-state index contributed by atoms with van der Waals surface area (Å²) in [6.07, 6.45) is -4.79. The highest BCUT2D eigenvalue weighted by molar-refractivity contribution is 5.82. The molecule has 0 aliphatic carbocycles. The fraction of sp³-hybridized carbons (Fsp3) is 0.562. The Hall–Kier alpha value is -1.56. The topological polar surface area (TPSA) is 23.6 Å². The first-order chi connectivity index (χ1) is 10.3. The molecule has 1 heterocycles. The first-order valence-corrected chi connectivity index (χ1v) is 7.43. The lowest BCUT2D eigenvalue weighted by Crippen LogP contribution is -2.58. The van der Waals surface area contributed by atoms with E-state index in [1.54, 1.807) is 0 Å². The molecule has 1 fully saturated rings. The van der Waals surface area contributed by atoms with Gasteiger partial charge >= 0.3 is 12.1 Å². The minimum atomic E-state index is -4.79. The predicted molar refractivity (Wildman–Crippen MR) is 78.1 cm³/mol. The molecule has 1 aliphatic heterocycles. The molecule has 1 atom stereocenters. The van der Waals surface area contributed by atoms with E-state index in [0.29, 0.717) is 13.1 Å². The molecule has 1 aromatic carbocycles. The van der Waals surface area contributed by atoms with E-state index in [1.165, 1.54) is 0 Å². The van der Waals surface area contributed by atoms with Gasteiger partial charge in [0.2, 0.25) is 0 Å². The lowest BCUT2D eigenvalue weighted by molar-refractivity contribution is -0.188. The summed E-state index contributed by atoms with van der Waals surface area (Å²) in [6, 6.07) is 9.77. The second-order valence-electron chi connectivity index (χ2n) is 6.02. The molecule has 2 rings (SSSR count). The van der Waals surface area contributed by atoms with Crippen molar-refractivity contribution in [3.8, 4) is 0 Å². The van der Waals surface area contributed by atoms with E-state index in [-0.39, 0.29) is 25.0 Å². The zero-order valence-corrected chi connectivity index (χ0v) is 12.8. The van der Waals surface area contributed by atoms with E-state index in [4.69, 9.17) is 0 Å². The van der Waals surface area contributed by atoms with E-state index in [0.717, 1.165) is 10.5 Å². The maximum absolute atomic E-state index is 12.6. The maximum atomic E-state index is 12.6. The van der Waals surface area contributed by atoms with Gasteiger partial charge < -0.3 is 4.90 Å². The van der Waals surface area contributed by atoms with Crippen LogP contribution >= 0.6 is 0 Å². The van der Waals surface area contributed by atoms with Crippen molar-refractivity contribution in [1.82, 2.24) is 9.80 Å². The number of halogens is 3. The molecular formula is C16H21F3N2O. The average Bonchev–Trinajstić information content (AvgIpc) is 2.47. The number of hydrogen-bond donors (Lipinski definition) is 0. The Labute approximate surface area is 128 Å². The Morgan fingerprint density at radius 2 is 1.86 bits per heavy atom. The zero-order valence-electron chi connectivity index (χ0n) is 12.8. The molecule has 0 saturated carbocycles. The summed E-state index contributed by atoms with van der Waals surface area (Å²) in [7, 11) is 0. The maximum Gasteiger partial charge on any atom is 0.471 e. The van der Waals surface area contributed by atoms with Gasteiger partial charge in [0.25, 0.3) is 0 Å². The molecule has 1 aliphatic rings. The SMILES string of the molecule is CC(C)[C@H]1CN(C(=O)C(F)(F)F)CCN1Cc1ccccc1. The Balaban J connectivity index is 2.07. The average molecular weight is 314 g/mol. The van der Waals surface area contributed by atoms with Crippen LogP contribution in [0.2, 0.25) is 0 Å². The smallest absolute Gasteiger partial charge is 0.332 e. The number of amides is 1. The number of benzene rings is 1. The third-order valence-electron chi connectivity index (χ3n) is 4.06. The van der Waals surface area contributed by atoms with Crippen molar-refractivity contribution in [3.05, 3.63) is 35.9 Å². The van der Waals surface area contributed by atoms with Crippen LogP contribution in [0, 0.1) is 5.92 Å². The molecule has 0 aromatic heterocycles. The van der Waals surface area contributed by atoms with Crippen LogP contribution in [-0.4, -0.2) is 47.6 Å². The van der Waals surface area contributed by atoms with Crippen LogP contribution in [0.1, 0.15) is 19.4 Å². The number of carbonyl (C=O) groups excluding carboxylic acids is 1. The third-order valence-corrected chi connectivity index (χ3v) is 4.06. The quantitative estimate of drug-likeness (QED) is 0.856. The monoisotopic (exact) mass is 314 g/mol. The molecule has 1 aromatic rings. The van der Waals surface area contributed by atoms with Crippen molar-refractivity contribution in [1.29, 1.82) is 0 Å². The lowest BCUT2D eigenvalue weighted by Gasteiger charge is -2.43. The van der Waals surface area contributed by atoms with Crippen LogP contribution in [0.4, 0.5) is 13.2 Å². The first kappa shape index (κ1) is 16.8. The summed E-state index contributed by atoms with van der Waals surface area (Å²) in [5.41, 5.74) is 1.13. The highest BCUT2D eigenvalue weighted by atomic mass is 19.4. The normalized spacial score (nSPS) is 20.5. The number of rotatable bonds is 3. The molecule has 0 radical (unpaired) electrons. The zero-order chi connectivity index (χ0) is 16.3. The second-order valence-corrected chi connectivity index (χ2v) is 6.02. The van der Waals surface area contributed by atoms with Crippen molar-refractivity contribution in [2.45, 2.75) is 32.6 Å². The molecule has 1 saturated heterocycles. The minimum absolute atomic E-state index is 0.0692. The Kier molecular flexibility index (Phi) is 5.11. The summed E-state index contributed by atoms with van der Waals surface area (Å²) in [5.74, 6) is -1.55. The molecule has 0 unspecified atom stereocenters. The van der Waals surface area contributed by atoms with Gasteiger partial charge in [-0.2, -0.15) is 13.2 Å². The summed E-state index contributed by atoms with van der Waals surface area (Å²) >= 11 is 0. The lowest BCUT2D eigenvalue weighted by atomic mass is 9.98. The standard InChI is InChI=1S/C16H21F3N2O/c1-12(2)14-11-21(15(22)16(17,18)19)9-8-20(14)10-13-6-4-3-5-7-13/h3-7,12,14H,8-11H2,1-2H3/t14-/m1/s1. The molecular weight excluding hydrogens is 293 g/mol. The Morgan fingerprint density at radius 3 is 2.41 bits per heavy atom. The largest absolute Gasteiger partial charge is 0.471 e. The molecule has 122 valence electrons. The van der Waals surface area contributed by atoms with Crippen molar-refractivity contribution in [2.24, 2.45) is 5.92 Å². The number of alkyl halides is 3. The number of hydrogen-bond acceptors (Lipinski definition) is 2. The van der Waals surface area contributed by atoms with Gasteiger partial charge in [0.05, 0.1) is 0 Å². The first-order valence-electron chi connectivity index (χ1n) is 7.43. The highest BCUT2D eigenvalue weighted by Crippen LogP contribution is 2.24. The van der Waals surface area contributed by atoms with Crippen molar-refractivity contribution < 1.29 is 18.0 Å². The van der Waals surface area contributed by atoms with Gasteiger partial charge in [-0.3, -0.25) is 9.69 Å². The Morgan fingerprint density at radius 1 is 1.23 bits per heavy atom. The summed E-state index contributed by atoms with van der Waals surface area (Å²) < 4.78 is 37.8. The molecule has 6 heteroatoms. The van der Waals surface area contributed by atoms with Crippen LogP contribution in [0.25, 0.3) is 0 Å². The summed E-state index contributed by atoms with van der Waals surface area (Å²) in [4.78, 5) is 14.5. The molecule has 22 heavy (non-hydrogen) atoms. The van der Waals surface area contributed by atoms with E-state index in [1.807, 2.05) is 44.2 Å². The number of carbonyl (C=O) groups is 1. The van der Waals surface area contributed by atoms with E-state index in [2.05, 4.69) is 4.90 Å². The van der Waals surface area contributed by atoms with Crippen LogP contribution in [0.5, 0.6) is 0 Å². The fourth-order valence-corrected chi connectivity index (χ4v) is 2.86. The van der Waals surface area contributed by atoms with Gasteiger partial charge in [0.15, 0.2) is 0 Å². The molecule has 0 bridgehead atoms. The van der Waals surface area contributed by atoms with Crippen LogP contribution < -0.4 is 0 Å². The van der Waals surface area contributed by atoms with Gasteiger partial charge in [0.1, 0.15) is 0 Å². The van der Waals surface area contributed by atoms with Crippen molar-refractivity contribution in [2.75, 3.05) is 19.6 Å². The van der Waals surface area contributed by atoms with Gasteiger partial charge in [-0.25, -0.2) is 0 Å². The summed E-state index contributed by atoms with van der Waals surface area (Å²) in [5, 5.41) is 0. The van der Waals surface area contributed by atoms with Crippen LogP contribution in [0.3, 0.4) is 0 Å². The van der Waals surface area contributed by atoms with Crippen LogP contribution in [0.15, 0.2) is 30.3 Å². The summed E-state index contributed by atoms with van der Waals surface area (Å²) in [6.45, 7) is 5.35.